The standard InChI is InChI=1S/C12H19NO/c14-12(13-4-2-1-3-5-13)11-7-9-6-10(9)8-11/h9-11H,1-8H2. The Hall–Kier alpha value is -0.530. The van der Waals surface area contributed by atoms with Crippen LogP contribution in [-0.4, -0.2) is 23.9 Å². The minimum absolute atomic E-state index is 0.414. The highest BCUT2D eigenvalue weighted by atomic mass is 16.2. The van der Waals surface area contributed by atoms with Crippen molar-refractivity contribution in [3.8, 4) is 0 Å². The number of piperidine rings is 1. The minimum atomic E-state index is 0.414. The molecule has 0 aromatic rings. The number of nitrogens with zero attached hydrogens (tertiary/aromatic N) is 1. The van der Waals surface area contributed by atoms with Gasteiger partial charge >= 0.3 is 0 Å². The molecule has 2 aliphatic carbocycles. The van der Waals surface area contributed by atoms with Crippen LogP contribution in [0.5, 0.6) is 0 Å². The molecule has 0 spiro atoms. The molecular formula is C12H19NO. The lowest BCUT2D eigenvalue weighted by molar-refractivity contribution is -0.136. The zero-order valence-electron chi connectivity index (χ0n) is 8.74. The maximum atomic E-state index is 12.1. The van der Waals surface area contributed by atoms with Crippen molar-refractivity contribution in [3.63, 3.8) is 0 Å². The van der Waals surface area contributed by atoms with Gasteiger partial charge in [0.2, 0.25) is 5.91 Å². The fourth-order valence-electron chi connectivity index (χ4n) is 3.29. The van der Waals surface area contributed by atoms with Crippen LogP contribution in [-0.2, 0) is 4.79 Å². The molecule has 3 fully saturated rings. The first-order valence-corrected chi connectivity index (χ1v) is 6.13. The number of carbonyl (C=O) groups excluding carboxylic acids is 1. The van der Waals surface area contributed by atoms with E-state index in [0.29, 0.717) is 11.8 Å². The summed E-state index contributed by atoms with van der Waals surface area (Å²) in [5.74, 6) is 2.77. The summed E-state index contributed by atoms with van der Waals surface area (Å²) in [7, 11) is 0. The van der Waals surface area contributed by atoms with Crippen molar-refractivity contribution in [2.24, 2.45) is 17.8 Å². The average Bonchev–Trinajstić information content (AvgIpc) is 2.86. The lowest BCUT2D eigenvalue weighted by Crippen LogP contribution is -2.39. The van der Waals surface area contributed by atoms with Crippen LogP contribution in [0.4, 0.5) is 0 Å². The van der Waals surface area contributed by atoms with E-state index in [-0.39, 0.29) is 0 Å². The van der Waals surface area contributed by atoms with Crippen molar-refractivity contribution in [2.45, 2.75) is 38.5 Å². The third-order valence-electron chi connectivity index (χ3n) is 4.26. The molecule has 1 aliphatic heterocycles. The number of fused-ring (bicyclic) bond motifs is 1. The molecule has 2 atom stereocenters. The molecule has 14 heavy (non-hydrogen) atoms. The van der Waals surface area contributed by atoms with Gasteiger partial charge in [0.1, 0.15) is 0 Å². The van der Waals surface area contributed by atoms with Gasteiger partial charge in [0.25, 0.3) is 0 Å². The van der Waals surface area contributed by atoms with Crippen LogP contribution in [0.25, 0.3) is 0 Å². The summed E-state index contributed by atoms with van der Waals surface area (Å²) >= 11 is 0. The van der Waals surface area contributed by atoms with Gasteiger partial charge in [-0.2, -0.15) is 0 Å². The Morgan fingerprint density at radius 2 is 1.57 bits per heavy atom. The second-order valence-electron chi connectivity index (χ2n) is 5.31. The second-order valence-corrected chi connectivity index (χ2v) is 5.31. The summed E-state index contributed by atoms with van der Waals surface area (Å²) in [4.78, 5) is 14.2. The van der Waals surface area contributed by atoms with Crippen LogP contribution in [0, 0.1) is 17.8 Å². The second kappa shape index (κ2) is 3.25. The van der Waals surface area contributed by atoms with Gasteiger partial charge in [-0.3, -0.25) is 4.79 Å². The maximum Gasteiger partial charge on any atom is 0.225 e. The molecule has 1 heterocycles. The predicted molar refractivity (Wildman–Crippen MR) is 54.8 cm³/mol. The fourth-order valence-corrected chi connectivity index (χ4v) is 3.29. The molecule has 2 nitrogen and oxygen atoms in total. The number of hydrogen-bond donors (Lipinski definition) is 0. The Labute approximate surface area is 85.7 Å². The SMILES string of the molecule is O=C(C1CC2CC2C1)N1CCCCC1. The molecule has 3 rings (SSSR count). The van der Waals surface area contributed by atoms with Gasteiger partial charge in [0, 0.05) is 19.0 Å². The number of hydrogen-bond acceptors (Lipinski definition) is 1. The average molecular weight is 193 g/mol. The van der Waals surface area contributed by atoms with Crippen LogP contribution >= 0.6 is 0 Å². The Bertz CT molecular complexity index is 231. The van der Waals surface area contributed by atoms with E-state index in [2.05, 4.69) is 4.90 Å². The van der Waals surface area contributed by atoms with Gasteiger partial charge < -0.3 is 4.90 Å². The zero-order chi connectivity index (χ0) is 9.54. The summed E-state index contributed by atoms with van der Waals surface area (Å²) in [6, 6.07) is 0. The van der Waals surface area contributed by atoms with Crippen molar-refractivity contribution < 1.29 is 4.79 Å². The van der Waals surface area contributed by atoms with Gasteiger partial charge in [-0.25, -0.2) is 0 Å². The van der Waals surface area contributed by atoms with E-state index in [9.17, 15) is 4.79 Å². The molecule has 1 saturated heterocycles. The largest absolute Gasteiger partial charge is 0.342 e. The van der Waals surface area contributed by atoms with Gasteiger partial charge in [0.15, 0.2) is 0 Å². The molecule has 1 amide bonds. The smallest absolute Gasteiger partial charge is 0.225 e. The van der Waals surface area contributed by atoms with E-state index in [1.165, 1.54) is 38.5 Å². The number of likely N-dealkylation sites (tertiary alicyclic amines) is 1. The van der Waals surface area contributed by atoms with Crippen LogP contribution < -0.4 is 0 Å². The fraction of sp³-hybridized carbons (Fsp3) is 0.917. The first kappa shape index (κ1) is 8.75. The topological polar surface area (TPSA) is 20.3 Å². The van der Waals surface area contributed by atoms with E-state index < -0.39 is 0 Å². The van der Waals surface area contributed by atoms with Crippen molar-refractivity contribution in [1.82, 2.24) is 4.90 Å². The summed E-state index contributed by atoms with van der Waals surface area (Å²) in [5, 5.41) is 0. The van der Waals surface area contributed by atoms with Crippen molar-refractivity contribution >= 4 is 5.91 Å². The molecule has 2 unspecified atom stereocenters. The highest BCUT2D eigenvalue weighted by molar-refractivity contribution is 5.79. The first-order chi connectivity index (χ1) is 6.84. The Kier molecular flexibility index (Phi) is 2.03. The predicted octanol–water partition coefficient (Wildman–Crippen LogP) is 2.04. The van der Waals surface area contributed by atoms with E-state index in [1.54, 1.807) is 0 Å². The lowest BCUT2D eigenvalue weighted by atomic mass is 10.0. The molecule has 2 heteroatoms. The number of amides is 1. The Morgan fingerprint density at radius 3 is 2.21 bits per heavy atom. The maximum absolute atomic E-state index is 12.1. The molecule has 78 valence electrons. The lowest BCUT2D eigenvalue weighted by Gasteiger charge is -2.29. The molecular weight excluding hydrogens is 174 g/mol. The first-order valence-electron chi connectivity index (χ1n) is 6.13. The highest BCUT2D eigenvalue weighted by Crippen LogP contribution is 2.54. The third-order valence-corrected chi connectivity index (χ3v) is 4.26. The third kappa shape index (κ3) is 1.45. The molecule has 2 saturated carbocycles. The van der Waals surface area contributed by atoms with E-state index in [4.69, 9.17) is 0 Å². The van der Waals surface area contributed by atoms with Gasteiger partial charge in [-0.1, -0.05) is 0 Å². The van der Waals surface area contributed by atoms with Crippen LogP contribution in [0.1, 0.15) is 38.5 Å². The zero-order valence-corrected chi connectivity index (χ0v) is 8.74. The van der Waals surface area contributed by atoms with Crippen molar-refractivity contribution in [1.29, 1.82) is 0 Å². The van der Waals surface area contributed by atoms with Gasteiger partial charge in [-0.05, 0) is 50.4 Å². The van der Waals surface area contributed by atoms with Gasteiger partial charge in [0.05, 0.1) is 0 Å². The normalized spacial score (nSPS) is 40.9. The Balaban J connectivity index is 1.58. The number of rotatable bonds is 1. The molecule has 0 bridgehead atoms. The highest BCUT2D eigenvalue weighted by Gasteiger charge is 2.48. The molecule has 0 N–H and O–H groups in total. The summed E-state index contributed by atoms with van der Waals surface area (Å²) < 4.78 is 0. The molecule has 0 radical (unpaired) electrons. The van der Waals surface area contributed by atoms with Crippen LogP contribution in [0.15, 0.2) is 0 Å². The van der Waals surface area contributed by atoms with Crippen LogP contribution in [0.2, 0.25) is 0 Å². The van der Waals surface area contributed by atoms with Crippen LogP contribution in [0.3, 0.4) is 0 Å². The van der Waals surface area contributed by atoms with E-state index in [1.807, 2.05) is 0 Å². The molecule has 0 aromatic heterocycles. The molecule has 0 aromatic carbocycles. The monoisotopic (exact) mass is 193 g/mol. The number of carbonyl (C=O) groups is 1. The van der Waals surface area contributed by atoms with Crippen molar-refractivity contribution in [3.05, 3.63) is 0 Å². The molecule has 3 aliphatic rings. The summed E-state index contributed by atoms with van der Waals surface area (Å²) in [6.07, 6.45) is 7.61. The van der Waals surface area contributed by atoms with E-state index >= 15 is 0 Å². The van der Waals surface area contributed by atoms with Crippen molar-refractivity contribution in [2.75, 3.05) is 13.1 Å². The quantitative estimate of drug-likeness (QED) is 0.624. The Morgan fingerprint density at radius 1 is 0.929 bits per heavy atom. The van der Waals surface area contributed by atoms with E-state index in [0.717, 1.165) is 24.9 Å². The minimum Gasteiger partial charge on any atom is -0.342 e. The summed E-state index contributed by atoms with van der Waals surface area (Å²) in [6.45, 7) is 2.06. The van der Waals surface area contributed by atoms with Gasteiger partial charge in [-0.15, -0.1) is 0 Å². The summed E-state index contributed by atoms with van der Waals surface area (Å²) in [5.41, 5.74) is 0.